The third-order valence-electron chi connectivity index (χ3n) is 4.00. The van der Waals surface area contributed by atoms with E-state index in [-0.39, 0.29) is 11.9 Å². The SMILES string of the molecule is CCC(C)C(N)c1ccc2c(c1)CC(=O)N2CC. The maximum absolute atomic E-state index is 11.8. The molecule has 1 aromatic rings. The number of benzene rings is 1. The van der Waals surface area contributed by atoms with Crippen LogP contribution in [0.3, 0.4) is 0 Å². The van der Waals surface area contributed by atoms with Crippen molar-refractivity contribution >= 4 is 11.6 Å². The number of carbonyl (C=O) groups excluding carboxylic acids is 1. The van der Waals surface area contributed by atoms with Gasteiger partial charge in [0.05, 0.1) is 6.42 Å². The molecule has 0 aliphatic carbocycles. The van der Waals surface area contributed by atoms with Crippen molar-refractivity contribution in [3.05, 3.63) is 29.3 Å². The van der Waals surface area contributed by atoms with E-state index >= 15 is 0 Å². The Labute approximate surface area is 109 Å². The lowest BCUT2D eigenvalue weighted by atomic mass is 9.92. The summed E-state index contributed by atoms with van der Waals surface area (Å²) in [5.74, 6) is 0.657. The van der Waals surface area contributed by atoms with Crippen LogP contribution in [0.1, 0.15) is 44.4 Å². The minimum atomic E-state index is 0.0612. The molecule has 1 amide bonds. The molecule has 98 valence electrons. The van der Waals surface area contributed by atoms with Gasteiger partial charge in [-0.05, 0) is 30.0 Å². The highest BCUT2D eigenvalue weighted by Crippen LogP contribution is 2.32. The van der Waals surface area contributed by atoms with Gasteiger partial charge in [-0.3, -0.25) is 4.79 Å². The van der Waals surface area contributed by atoms with Crippen LogP contribution in [0.4, 0.5) is 5.69 Å². The van der Waals surface area contributed by atoms with Gasteiger partial charge in [0.1, 0.15) is 0 Å². The molecule has 1 aliphatic heterocycles. The molecule has 1 aromatic carbocycles. The molecule has 3 heteroatoms. The zero-order valence-electron chi connectivity index (χ0n) is 11.4. The number of fused-ring (bicyclic) bond motifs is 1. The van der Waals surface area contributed by atoms with Crippen LogP contribution >= 0.6 is 0 Å². The predicted octanol–water partition coefficient (Wildman–Crippen LogP) is 2.64. The number of amides is 1. The van der Waals surface area contributed by atoms with E-state index in [9.17, 15) is 4.79 Å². The minimum absolute atomic E-state index is 0.0612. The Hall–Kier alpha value is -1.35. The van der Waals surface area contributed by atoms with Crippen molar-refractivity contribution in [3.8, 4) is 0 Å². The van der Waals surface area contributed by atoms with Gasteiger partial charge in [-0.2, -0.15) is 0 Å². The Bertz CT molecular complexity index is 456. The fourth-order valence-electron chi connectivity index (χ4n) is 2.54. The summed E-state index contributed by atoms with van der Waals surface area (Å²) >= 11 is 0. The van der Waals surface area contributed by atoms with Crippen LogP contribution in [-0.2, 0) is 11.2 Å². The van der Waals surface area contributed by atoms with E-state index < -0.39 is 0 Å². The third-order valence-corrected chi connectivity index (χ3v) is 4.00. The maximum Gasteiger partial charge on any atom is 0.231 e. The maximum atomic E-state index is 11.8. The second kappa shape index (κ2) is 5.11. The van der Waals surface area contributed by atoms with Crippen molar-refractivity contribution in [2.45, 2.75) is 39.7 Å². The number of hydrogen-bond donors (Lipinski definition) is 1. The number of nitrogens with two attached hydrogens (primary N) is 1. The van der Waals surface area contributed by atoms with Crippen molar-refractivity contribution in [1.29, 1.82) is 0 Å². The van der Waals surface area contributed by atoms with Crippen LogP contribution < -0.4 is 10.6 Å². The molecule has 0 spiro atoms. The van der Waals surface area contributed by atoms with E-state index in [0.29, 0.717) is 12.3 Å². The molecule has 0 saturated heterocycles. The molecule has 2 N–H and O–H groups in total. The van der Waals surface area contributed by atoms with Crippen LogP contribution in [0.25, 0.3) is 0 Å². The Kier molecular flexibility index (Phi) is 3.71. The van der Waals surface area contributed by atoms with Crippen molar-refractivity contribution in [3.63, 3.8) is 0 Å². The van der Waals surface area contributed by atoms with Gasteiger partial charge < -0.3 is 10.6 Å². The highest BCUT2D eigenvalue weighted by atomic mass is 16.2. The molecule has 0 saturated carbocycles. The first kappa shape index (κ1) is 13.1. The molecular formula is C15H22N2O. The Morgan fingerprint density at radius 2 is 2.11 bits per heavy atom. The topological polar surface area (TPSA) is 46.3 Å². The summed E-state index contributed by atoms with van der Waals surface area (Å²) in [6.07, 6.45) is 1.59. The van der Waals surface area contributed by atoms with E-state index in [1.165, 1.54) is 0 Å². The standard InChI is InChI=1S/C15H22N2O/c1-4-10(3)15(16)11-6-7-13-12(8-11)9-14(18)17(13)5-2/h6-8,10,15H,4-5,9,16H2,1-3H3. The fraction of sp³-hybridized carbons (Fsp3) is 0.533. The van der Waals surface area contributed by atoms with Gasteiger partial charge in [-0.1, -0.05) is 32.4 Å². The highest BCUT2D eigenvalue weighted by molar-refractivity contribution is 6.01. The summed E-state index contributed by atoms with van der Waals surface area (Å²) in [6, 6.07) is 6.28. The van der Waals surface area contributed by atoms with E-state index in [1.54, 1.807) is 0 Å². The summed E-state index contributed by atoms with van der Waals surface area (Å²) in [5, 5.41) is 0. The normalized spacial score (nSPS) is 17.8. The average Bonchev–Trinajstić information content (AvgIpc) is 2.70. The highest BCUT2D eigenvalue weighted by Gasteiger charge is 2.26. The molecule has 1 aliphatic rings. The van der Waals surface area contributed by atoms with E-state index in [1.807, 2.05) is 17.9 Å². The van der Waals surface area contributed by atoms with Crippen molar-refractivity contribution in [2.24, 2.45) is 11.7 Å². The van der Waals surface area contributed by atoms with Crippen LogP contribution in [0.15, 0.2) is 18.2 Å². The van der Waals surface area contributed by atoms with Crippen LogP contribution in [0.5, 0.6) is 0 Å². The lowest BCUT2D eigenvalue weighted by molar-refractivity contribution is -0.117. The van der Waals surface area contributed by atoms with Crippen LogP contribution in [0.2, 0.25) is 0 Å². The first-order valence-corrected chi connectivity index (χ1v) is 6.77. The molecule has 0 aromatic heterocycles. The summed E-state index contributed by atoms with van der Waals surface area (Å²) < 4.78 is 0. The van der Waals surface area contributed by atoms with Crippen molar-refractivity contribution < 1.29 is 4.79 Å². The van der Waals surface area contributed by atoms with E-state index in [0.717, 1.165) is 29.8 Å². The van der Waals surface area contributed by atoms with Gasteiger partial charge in [0.25, 0.3) is 0 Å². The second-order valence-corrected chi connectivity index (χ2v) is 5.11. The molecule has 2 rings (SSSR count). The number of nitrogens with zero attached hydrogens (tertiary/aromatic N) is 1. The number of carbonyl (C=O) groups is 1. The lowest BCUT2D eigenvalue weighted by Gasteiger charge is -2.20. The quantitative estimate of drug-likeness (QED) is 0.887. The molecule has 0 bridgehead atoms. The average molecular weight is 246 g/mol. The summed E-state index contributed by atoms with van der Waals surface area (Å²) in [4.78, 5) is 13.7. The first-order valence-electron chi connectivity index (χ1n) is 6.77. The monoisotopic (exact) mass is 246 g/mol. The second-order valence-electron chi connectivity index (χ2n) is 5.11. The van der Waals surface area contributed by atoms with Gasteiger partial charge in [0.2, 0.25) is 5.91 Å². The number of hydrogen-bond acceptors (Lipinski definition) is 2. The van der Waals surface area contributed by atoms with Crippen LogP contribution in [-0.4, -0.2) is 12.5 Å². The zero-order valence-corrected chi connectivity index (χ0v) is 11.4. The number of likely N-dealkylation sites (N-methyl/N-ethyl adjacent to an activating group) is 1. The minimum Gasteiger partial charge on any atom is -0.324 e. The molecule has 2 unspecified atom stereocenters. The molecule has 1 heterocycles. The predicted molar refractivity (Wildman–Crippen MR) is 74.6 cm³/mol. The smallest absolute Gasteiger partial charge is 0.231 e. The first-order chi connectivity index (χ1) is 8.58. The Morgan fingerprint density at radius 3 is 2.72 bits per heavy atom. The zero-order chi connectivity index (χ0) is 13.3. The van der Waals surface area contributed by atoms with Gasteiger partial charge in [-0.15, -0.1) is 0 Å². The fourth-order valence-corrected chi connectivity index (χ4v) is 2.54. The molecule has 18 heavy (non-hydrogen) atoms. The van der Waals surface area contributed by atoms with E-state index in [2.05, 4.69) is 26.0 Å². The van der Waals surface area contributed by atoms with E-state index in [4.69, 9.17) is 5.73 Å². The molecule has 2 atom stereocenters. The number of anilines is 1. The van der Waals surface area contributed by atoms with Gasteiger partial charge >= 0.3 is 0 Å². The summed E-state index contributed by atoms with van der Waals surface area (Å²) in [7, 11) is 0. The van der Waals surface area contributed by atoms with Gasteiger partial charge in [-0.25, -0.2) is 0 Å². The van der Waals surface area contributed by atoms with Gasteiger partial charge in [0.15, 0.2) is 0 Å². The molecule has 0 fully saturated rings. The van der Waals surface area contributed by atoms with Crippen molar-refractivity contribution in [2.75, 3.05) is 11.4 Å². The molecule has 3 nitrogen and oxygen atoms in total. The summed E-state index contributed by atoms with van der Waals surface area (Å²) in [5.41, 5.74) is 9.57. The molecular weight excluding hydrogens is 224 g/mol. The Balaban J connectivity index is 2.30. The summed E-state index contributed by atoms with van der Waals surface area (Å²) in [6.45, 7) is 7.07. The van der Waals surface area contributed by atoms with Gasteiger partial charge in [0, 0.05) is 18.3 Å². The molecule has 0 radical (unpaired) electrons. The van der Waals surface area contributed by atoms with Crippen LogP contribution in [0, 0.1) is 5.92 Å². The Morgan fingerprint density at radius 1 is 1.39 bits per heavy atom. The largest absolute Gasteiger partial charge is 0.324 e. The van der Waals surface area contributed by atoms with Crippen molar-refractivity contribution in [1.82, 2.24) is 0 Å². The lowest BCUT2D eigenvalue weighted by Crippen LogP contribution is -2.25. The third kappa shape index (κ3) is 2.15. The number of rotatable bonds is 4.